The van der Waals surface area contributed by atoms with Crippen LogP contribution in [0.2, 0.25) is 0 Å². The number of anilines is 1. The van der Waals surface area contributed by atoms with Crippen LogP contribution < -0.4 is 21.7 Å². The molecule has 1 aliphatic rings. The molecule has 8 nitrogen and oxygen atoms in total. The van der Waals surface area contributed by atoms with E-state index >= 15 is 0 Å². The number of rotatable bonds is 9. The molecule has 0 bridgehead atoms. The first kappa shape index (κ1) is 22.7. The third-order valence-electron chi connectivity index (χ3n) is 5.21. The zero-order valence-corrected chi connectivity index (χ0v) is 17.2. The van der Waals surface area contributed by atoms with Gasteiger partial charge in [-0.05, 0) is 30.9 Å². The summed E-state index contributed by atoms with van der Waals surface area (Å²) in [5.74, 6) is -0.824. The smallest absolute Gasteiger partial charge is 0.245 e. The van der Waals surface area contributed by atoms with Crippen molar-refractivity contribution >= 4 is 23.3 Å². The molecule has 7 N–H and O–H groups in total. The number of amides is 2. The van der Waals surface area contributed by atoms with Gasteiger partial charge in [0.2, 0.25) is 11.8 Å². The number of carbonyl (C=O) groups excluding carboxylic acids is 2. The Bertz CT molecular complexity index is 716. The number of nitrogen functional groups attached to an aromatic ring is 1. The number of nitrogens with one attached hydrogen (secondary N) is 4. The molecule has 0 spiro atoms. The van der Waals surface area contributed by atoms with Gasteiger partial charge in [-0.2, -0.15) is 0 Å². The van der Waals surface area contributed by atoms with Crippen LogP contribution in [-0.2, 0) is 9.59 Å². The second-order valence-electron chi connectivity index (χ2n) is 7.95. The molecule has 29 heavy (non-hydrogen) atoms. The van der Waals surface area contributed by atoms with Crippen LogP contribution in [0.5, 0.6) is 0 Å². The Morgan fingerprint density at radius 2 is 1.90 bits per heavy atom. The molecule has 0 aliphatic heterocycles. The molecule has 0 saturated heterocycles. The number of nitrogens with two attached hydrogens (primary N) is 1. The number of amidine groups is 1. The molecule has 0 heterocycles. The molecular weight excluding hydrogens is 370 g/mol. The standard InChI is InChI=1S/C21H33N5O3/c1-13(2)18(21(29)25-15-8-4-3-5-9-15)26-20(28)17(12-27)24-16-10-6-7-14(11-16)19(22)23/h6-7,10-11,13,15,17-18,24,27H,3-5,8-9,12H2,1-2H3,(H3,22,23)(H,25,29)(H,26,28). The minimum atomic E-state index is -0.930. The van der Waals surface area contributed by atoms with E-state index in [1.165, 1.54) is 6.42 Å². The van der Waals surface area contributed by atoms with Gasteiger partial charge in [0.05, 0.1) is 6.61 Å². The van der Waals surface area contributed by atoms with Crippen LogP contribution in [0.15, 0.2) is 24.3 Å². The molecular formula is C21H33N5O3. The van der Waals surface area contributed by atoms with E-state index < -0.39 is 24.6 Å². The van der Waals surface area contributed by atoms with Crippen molar-refractivity contribution in [2.75, 3.05) is 11.9 Å². The lowest BCUT2D eigenvalue weighted by molar-refractivity contribution is -0.131. The van der Waals surface area contributed by atoms with E-state index in [0.717, 1.165) is 25.7 Å². The summed E-state index contributed by atoms with van der Waals surface area (Å²) in [6.07, 6.45) is 5.36. The highest BCUT2D eigenvalue weighted by Gasteiger charge is 2.29. The largest absolute Gasteiger partial charge is 0.394 e. The zero-order valence-electron chi connectivity index (χ0n) is 17.2. The third kappa shape index (κ3) is 6.74. The molecule has 1 aromatic carbocycles. The predicted octanol–water partition coefficient (Wildman–Crippen LogP) is 1.33. The zero-order chi connectivity index (χ0) is 21.4. The maximum atomic E-state index is 12.7. The molecule has 1 aliphatic carbocycles. The average molecular weight is 404 g/mol. The maximum Gasteiger partial charge on any atom is 0.245 e. The lowest BCUT2D eigenvalue weighted by Gasteiger charge is -2.28. The third-order valence-corrected chi connectivity index (χ3v) is 5.21. The van der Waals surface area contributed by atoms with Crippen molar-refractivity contribution in [2.45, 2.75) is 64.1 Å². The first-order valence-corrected chi connectivity index (χ1v) is 10.2. The summed E-state index contributed by atoms with van der Waals surface area (Å²) >= 11 is 0. The van der Waals surface area contributed by atoms with Gasteiger partial charge < -0.3 is 26.8 Å². The van der Waals surface area contributed by atoms with Gasteiger partial charge in [0.1, 0.15) is 17.9 Å². The molecule has 0 aromatic heterocycles. The van der Waals surface area contributed by atoms with Gasteiger partial charge in [-0.15, -0.1) is 0 Å². The fraction of sp³-hybridized carbons (Fsp3) is 0.571. The van der Waals surface area contributed by atoms with Crippen LogP contribution in [0.3, 0.4) is 0 Å². The van der Waals surface area contributed by atoms with E-state index in [9.17, 15) is 14.7 Å². The van der Waals surface area contributed by atoms with Crippen molar-refractivity contribution in [1.29, 1.82) is 5.41 Å². The Labute approximate surface area is 172 Å². The molecule has 2 unspecified atom stereocenters. The number of hydrogen-bond donors (Lipinski definition) is 6. The predicted molar refractivity (Wildman–Crippen MR) is 114 cm³/mol. The fourth-order valence-corrected chi connectivity index (χ4v) is 3.50. The van der Waals surface area contributed by atoms with Crippen molar-refractivity contribution in [2.24, 2.45) is 11.7 Å². The summed E-state index contributed by atoms with van der Waals surface area (Å²) in [5, 5.41) is 26.0. The Balaban J connectivity index is 2.01. The van der Waals surface area contributed by atoms with Crippen LogP contribution in [0.1, 0.15) is 51.5 Å². The van der Waals surface area contributed by atoms with Gasteiger partial charge in [-0.3, -0.25) is 15.0 Å². The molecule has 2 amide bonds. The number of aliphatic hydroxyl groups excluding tert-OH is 1. The van der Waals surface area contributed by atoms with E-state index in [-0.39, 0.29) is 23.7 Å². The number of hydrogen-bond acceptors (Lipinski definition) is 5. The van der Waals surface area contributed by atoms with Crippen molar-refractivity contribution < 1.29 is 14.7 Å². The molecule has 1 fully saturated rings. The monoisotopic (exact) mass is 403 g/mol. The first-order valence-electron chi connectivity index (χ1n) is 10.2. The normalized spacial score (nSPS) is 16.7. The highest BCUT2D eigenvalue weighted by atomic mass is 16.3. The lowest BCUT2D eigenvalue weighted by atomic mass is 9.94. The van der Waals surface area contributed by atoms with Gasteiger partial charge in [0.25, 0.3) is 0 Å². The Hall–Kier alpha value is -2.61. The Morgan fingerprint density at radius 1 is 1.21 bits per heavy atom. The topological polar surface area (TPSA) is 140 Å². The molecule has 0 radical (unpaired) electrons. The summed E-state index contributed by atoms with van der Waals surface area (Å²) in [6, 6.07) is 5.30. The summed E-state index contributed by atoms with van der Waals surface area (Å²) in [7, 11) is 0. The summed E-state index contributed by atoms with van der Waals surface area (Å²) < 4.78 is 0. The lowest BCUT2D eigenvalue weighted by Crippen LogP contribution is -2.55. The highest BCUT2D eigenvalue weighted by molar-refractivity contribution is 5.96. The highest BCUT2D eigenvalue weighted by Crippen LogP contribution is 2.18. The fourth-order valence-electron chi connectivity index (χ4n) is 3.50. The molecule has 2 rings (SSSR count). The minimum Gasteiger partial charge on any atom is -0.394 e. The van der Waals surface area contributed by atoms with Crippen molar-refractivity contribution in [3.05, 3.63) is 29.8 Å². The maximum absolute atomic E-state index is 12.7. The van der Waals surface area contributed by atoms with Gasteiger partial charge in [0, 0.05) is 17.3 Å². The Kier molecular flexibility index (Phi) is 8.45. The van der Waals surface area contributed by atoms with E-state index in [2.05, 4.69) is 16.0 Å². The first-order chi connectivity index (χ1) is 13.8. The van der Waals surface area contributed by atoms with Crippen molar-refractivity contribution in [3.63, 3.8) is 0 Å². The van der Waals surface area contributed by atoms with E-state index in [1.54, 1.807) is 24.3 Å². The van der Waals surface area contributed by atoms with Gasteiger partial charge >= 0.3 is 0 Å². The van der Waals surface area contributed by atoms with Gasteiger partial charge in [-0.1, -0.05) is 45.2 Å². The van der Waals surface area contributed by atoms with Crippen LogP contribution in [0.25, 0.3) is 0 Å². The molecule has 8 heteroatoms. The quantitative estimate of drug-likeness (QED) is 0.273. The number of benzene rings is 1. The van der Waals surface area contributed by atoms with Crippen LogP contribution >= 0.6 is 0 Å². The SMILES string of the molecule is CC(C)C(NC(=O)C(CO)Nc1cccc(C(=N)N)c1)C(=O)NC1CCCCC1. The Morgan fingerprint density at radius 3 is 2.48 bits per heavy atom. The van der Waals surface area contributed by atoms with E-state index in [4.69, 9.17) is 11.1 Å². The van der Waals surface area contributed by atoms with Crippen molar-refractivity contribution in [1.82, 2.24) is 10.6 Å². The van der Waals surface area contributed by atoms with Gasteiger partial charge in [-0.25, -0.2) is 0 Å². The molecule has 1 saturated carbocycles. The molecule has 1 aromatic rings. The summed E-state index contributed by atoms with van der Waals surface area (Å²) in [6.45, 7) is 3.32. The van der Waals surface area contributed by atoms with E-state index in [1.807, 2.05) is 13.8 Å². The second-order valence-corrected chi connectivity index (χ2v) is 7.95. The van der Waals surface area contributed by atoms with Crippen LogP contribution in [-0.4, -0.2) is 47.5 Å². The van der Waals surface area contributed by atoms with Crippen molar-refractivity contribution in [3.8, 4) is 0 Å². The van der Waals surface area contributed by atoms with E-state index in [0.29, 0.717) is 11.3 Å². The number of carbonyl (C=O) groups is 2. The second kappa shape index (κ2) is 10.8. The summed E-state index contributed by atoms with van der Waals surface area (Å²) in [5.41, 5.74) is 6.57. The summed E-state index contributed by atoms with van der Waals surface area (Å²) in [4.78, 5) is 25.5. The van der Waals surface area contributed by atoms with Gasteiger partial charge in [0.15, 0.2) is 0 Å². The average Bonchev–Trinajstić information content (AvgIpc) is 2.70. The molecule has 2 atom stereocenters. The van der Waals surface area contributed by atoms with Crippen LogP contribution in [0.4, 0.5) is 5.69 Å². The molecule has 160 valence electrons. The van der Waals surface area contributed by atoms with Crippen LogP contribution in [0, 0.1) is 11.3 Å². The minimum absolute atomic E-state index is 0.0853. The number of aliphatic hydroxyl groups is 1.